The van der Waals surface area contributed by atoms with E-state index in [0.717, 1.165) is 42.4 Å². The van der Waals surface area contributed by atoms with E-state index in [-0.39, 0.29) is 4.90 Å². The highest BCUT2D eigenvalue weighted by molar-refractivity contribution is 7.89. The molecule has 1 unspecified atom stereocenters. The number of nitrogens with one attached hydrogen (secondary N) is 2. The average Bonchev–Trinajstić information content (AvgIpc) is 2.98. The summed E-state index contributed by atoms with van der Waals surface area (Å²) in [6.45, 7) is 0. The molecule has 9 nitrogen and oxygen atoms in total. The van der Waals surface area contributed by atoms with Crippen LogP contribution in [0.4, 0.5) is 0 Å². The second kappa shape index (κ2) is 7.06. The predicted molar refractivity (Wildman–Crippen MR) is 90.7 cm³/mol. The number of carbonyl (C=O) groups excluding carboxylic acids is 2. The van der Waals surface area contributed by atoms with Crippen LogP contribution in [0.5, 0.6) is 0 Å². The fourth-order valence-corrected chi connectivity index (χ4v) is 4.32. The van der Waals surface area contributed by atoms with Crippen molar-refractivity contribution in [2.45, 2.75) is 43.0 Å². The zero-order valence-electron chi connectivity index (χ0n) is 13.8. The molecular weight excluding hydrogens is 362 g/mol. The van der Waals surface area contributed by atoms with E-state index in [9.17, 15) is 18.0 Å². The van der Waals surface area contributed by atoms with E-state index >= 15 is 0 Å². The number of sulfonamides is 1. The molecule has 140 valence electrons. The van der Waals surface area contributed by atoms with E-state index in [2.05, 4.69) is 4.72 Å². The Kier molecular flexibility index (Phi) is 4.99. The summed E-state index contributed by atoms with van der Waals surface area (Å²) in [6.07, 6.45) is 3.20. The Labute approximate surface area is 149 Å². The monoisotopic (exact) mass is 381 g/mol. The van der Waals surface area contributed by atoms with E-state index in [1.54, 1.807) is 6.07 Å². The van der Waals surface area contributed by atoms with Gasteiger partial charge < -0.3 is 10.2 Å². The SMILES string of the molecule is NC(=O)C(CC(=O)NO)NS(=O)(=O)c1ccc2c3c(oc2c1)CCCC3. The van der Waals surface area contributed by atoms with Crippen LogP contribution in [-0.2, 0) is 32.5 Å². The van der Waals surface area contributed by atoms with E-state index in [1.807, 2.05) is 0 Å². The number of nitrogens with two attached hydrogens (primary N) is 1. The number of aryl methyl sites for hydroxylation is 2. The summed E-state index contributed by atoms with van der Waals surface area (Å²) >= 11 is 0. The fraction of sp³-hybridized carbons (Fsp3) is 0.375. The molecule has 1 aliphatic rings. The van der Waals surface area contributed by atoms with Crippen LogP contribution >= 0.6 is 0 Å². The lowest BCUT2D eigenvalue weighted by atomic mass is 9.96. The van der Waals surface area contributed by atoms with Crippen LogP contribution < -0.4 is 15.9 Å². The van der Waals surface area contributed by atoms with Crippen LogP contribution in [0.1, 0.15) is 30.6 Å². The standard InChI is InChI=1S/C16H19N3O6S/c17-16(21)12(8-15(20)18-22)19-26(23,24)9-5-6-11-10-3-1-2-4-13(10)25-14(11)7-9/h5-7,12,19,22H,1-4,8H2,(H2,17,21)(H,18,20). The minimum Gasteiger partial charge on any atom is -0.461 e. The van der Waals surface area contributed by atoms with Crippen molar-refractivity contribution in [2.24, 2.45) is 5.73 Å². The van der Waals surface area contributed by atoms with Gasteiger partial charge >= 0.3 is 0 Å². The third kappa shape index (κ3) is 3.57. The highest BCUT2D eigenvalue weighted by atomic mass is 32.2. The Morgan fingerprint density at radius 2 is 2.00 bits per heavy atom. The third-order valence-corrected chi connectivity index (χ3v) is 5.86. The van der Waals surface area contributed by atoms with Gasteiger partial charge in [-0.15, -0.1) is 0 Å². The normalized spacial score (nSPS) is 15.4. The average molecular weight is 381 g/mol. The molecule has 0 spiro atoms. The van der Waals surface area contributed by atoms with Crippen LogP contribution in [-0.4, -0.2) is 31.5 Å². The zero-order valence-corrected chi connectivity index (χ0v) is 14.6. The molecule has 10 heteroatoms. The number of hydrogen-bond acceptors (Lipinski definition) is 6. The Balaban J connectivity index is 1.91. The molecule has 5 N–H and O–H groups in total. The number of carbonyl (C=O) groups is 2. The van der Waals surface area contributed by atoms with Crippen molar-refractivity contribution in [3.05, 3.63) is 29.5 Å². The van der Waals surface area contributed by atoms with Gasteiger partial charge in [-0.05, 0) is 31.4 Å². The van der Waals surface area contributed by atoms with Crippen molar-refractivity contribution < 1.29 is 27.6 Å². The molecule has 0 aliphatic heterocycles. The third-order valence-electron chi connectivity index (χ3n) is 4.39. The van der Waals surface area contributed by atoms with Gasteiger partial charge in [0.2, 0.25) is 21.8 Å². The van der Waals surface area contributed by atoms with Gasteiger partial charge in [-0.1, -0.05) is 0 Å². The summed E-state index contributed by atoms with van der Waals surface area (Å²) in [5.74, 6) is -1.10. The molecule has 2 aromatic rings. The van der Waals surface area contributed by atoms with Gasteiger partial charge in [0.25, 0.3) is 0 Å². The van der Waals surface area contributed by atoms with Crippen molar-refractivity contribution in [2.75, 3.05) is 0 Å². The molecule has 0 saturated heterocycles. The van der Waals surface area contributed by atoms with E-state index in [0.29, 0.717) is 5.58 Å². The van der Waals surface area contributed by atoms with Crippen molar-refractivity contribution in [3.8, 4) is 0 Å². The maximum absolute atomic E-state index is 12.5. The van der Waals surface area contributed by atoms with Gasteiger partial charge in [0.1, 0.15) is 17.4 Å². The number of amides is 2. The van der Waals surface area contributed by atoms with Crippen LogP contribution in [0, 0.1) is 0 Å². The van der Waals surface area contributed by atoms with Crippen LogP contribution in [0.3, 0.4) is 0 Å². The van der Waals surface area contributed by atoms with E-state index in [4.69, 9.17) is 15.4 Å². The molecule has 2 amide bonds. The summed E-state index contributed by atoms with van der Waals surface area (Å²) < 4.78 is 33.0. The molecule has 0 radical (unpaired) electrons. The summed E-state index contributed by atoms with van der Waals surface area (Å²) in [6, 6.07) is 2.99. The van der Waals surface area contributed by atoms with Crippen LogP contribution in [0.2, 0.25) is 0 Å². The Morgan fingerprint density at radius 1 is 1.27 bits per heavy atom. The number of furan rings is 1. The van der Waals surface area contributed by atoms with E-state index < -0.39 is 34.3 Å². The van der Waals surface area contributed by atoms with Gasteiger partial charge in [-0.2, -0.15) is 4.72 Å². The highest BCUT2D eigenvalue weighted by Crippen LogP contribution is 2.33. The summed E-state index contributed by atoms with van der Waals surface area (Å²) in [5.41, 5.74) is 8.04. The smallest absolute Gasteiger partial charge is 0.245 e. The molecule has 0 bridgehead atoms. The predicted octanol–water partition coefficient (Wildman–Crippen LogP) is 0.339. The minimum absolute atomic E-state index is 0.105. The van der Waals surface area contributed by atoms with Crippen LogP contribution in [0.25, 0.3) is 11.0 Å². The molecule has 1 aromatic heterocycles. The minimum atomic E-state index is -4.12. The number of hydroxylamine groups is 1. The second-order valence-corrected chi connectivity index (χ2v) is 7.90. The molecule has 1 atom stereocenters. The molecule has 0 fully saturated rings. The summed E-state index contributed by atoms with van der Waals surface area (Å²) in [7, 11) is -4.12. The lowest BCUT2D eigenvalue weighted by Gasteiger charge is -2.14. The van der Waals surface area contributed by atoms with Gasteiger partial charge in [0.05, 0.1) is 11.3 Å². The lowest BCUT2D eigenvalue weighted by molar-refractivity contribution is -0.132. The first kappa shape index (κ1) is 18.4. The Bertz CT molecular complexity index is 966. The van der Waals surface area contributed by atoms with Crippen molar-refractivity contribution >= 4 is 32.8 Å². The number of benzene rings is 1. The van der Waals surface area contributed by atoms with Crippen molar-refractivity contribution in [3.63, 3.8) is 0 Å². The Morgan fingerprint density at radius 3 is 2.69 bits per heavy atom. The maximum atomic E-state index is 12.5. The number of hydrogen-bond donors (Lipinski definition) is 4. The first-order valence-corrected chi connectivity index (χ1v) is 9.59. The molecule has 1 aromatic carbocycles. The molecule has 3 rings (SSSR count). The first-order valence-electron chi connectivity index (χ1n) is 8.10. The van der Waals surface area contributed by atoms with Gasteiger partial charge in [-0.25, -0.2) is 13.9 Å². The topological polar surface area (TPSA) is 152 Å². The van der Waals surface area contributed by atoms with Crippen molar-refractivity contribution in [1.29, 1.82) is 0 Å². The van der Waals surface area contributed by atoms with E-state index in [1.165, 1.54) is 17.6 Å². The fourth-order valence-electron chi connectivity index (χ4n) is 3.10. The maximum Gasteiger partial charge on any atom is 0.245 e. The molecule has 1 heterocycles. The Hall–Kier alpha value is -2.43. The first-order chi connectivity index (χ1) is 12.3. The number of rotatable bonds is 6. The van der Waals surface area contributed by atoms with Gasteiger partial charge in [0, 0.05) is 23.4 Å². The molecule has 0 saturated carbocycles. The number of fused-ring (bicyclic) bond motifs is 3. The number of primary amides is 1. The van der Waals surface area contributed by atoms with Gasteiger partial charge in [0.15, 0.2) is 0 Å². The molecule has 26 heavy (non-hydrogen) atoms. The lowest BCUT2D eigenvalue weighted by Crippen LogP contribution is -2.46. The van der Waals surface area contributed by atoms with Gasteiger partial charge in [-0.3, -0.25) is 14.8 Å². The highest BCUT2D eigenvalue weighted by Gasteiger charge is 2.27. The molecule has 1 aliphatic carbocycles. The summed E-state index contributed by atoms with van der Waals surface area (Å²) in [5, 5.41) is 9.42. The van der Waals surface area contributed by atoms with Crippen LogP contribution in [0.15, 0.2) is 27.5 Å². The summed E-state index contributed by atoms with van der Waals surface area (Å²) in [4.78, 5) is 22.5. The van der Waals surface area contributed by atoms with Crippen molar-refractivity contribution in [1.82, 2.24) is 10.2 Å². The second-order valence-electron chi connectivity index (χ2n) is 6.18. The molecular formula is C16H19N3O6S. The zero-order chi connectivity index (χ0) is 18.9. The largest absolute Gasteiger partial charge is 0.461 e. The quantitative estimate of drug-likeness (QED) is 0.418.